The van der Waals surface area contributed by atoms with Crippen LogP contribution < -0.4 is 9.47 Å². The second-order valence-electron chi connectivity index (χ2n) is 9.85. The fourth-order valence-corrected chi connectivity index (χ4v) is 4.89. The first-order valence-corrected chi connectivity index (χ1v) is 15.7. The molecule has 2 rings (SSSR count). The van der Waals surface area contributed by atoms with Crippen LogP contribution >= 0.6 is 19.4 Å². The lowest BCUT2D eigenvalue weighted by atomic mass is 10.0. The molecule has 1 N–H and O–H groups in total. The van der Waals surface area contributed by atoms with E-state index in [1.165, 1.54) is 11.8 Å². The molecule has 0 radical (unpaired) electrons. The maximum absolute atomic E-state index is 12.9. The average molecular weight is 627 g/mol. The Hall–Kier alpha value is -2.43. The zero-order chi connectivity index (χ0) is 31.3. The summed E-state index contributed by atoms with van der Waals surface area (Å²) in [5.74, 6) is 1.06. The lowest BCUT2D eigenvalue weighted by molar-refractivity contribution is -0.129. The Balaban J connectivity index is 2.28. The Morgan fingerprint density at radius 2 is 1.74 bits per heavy atom. The number of rotatable bonds is 18. The third-order valence-corrected chi connectivity index (χ3v) is 7.88. The molecular formula is C30H44ClN2O8P. The molecule has 12 heteroatoms. The normalized spacial score (nSPS) is 15.0. The third-order valence-electron chi connectivity index (χ3n) is 6.50. The van der Waals surface area contributed by atoms with E-state index in [2.05, 4.69) is 10.6 Å². The van der Waals surface area contributed by atoms with Gasteiger partial charge in [0.1, 0.15) is 29.2 Å². The largest absolute Gasteiger partial charge is 0.497 e. The Labute approximate surface area is 254 Å². The lowest BCUT2D eigenvalue weighted by Gasteiger charge is -2.29. The summed E-state index contributed by atoms with van der Waals surface area (Å²) >= 11 is 6.45. The summed E-state index contributed by atoms with van der Waals surface area (Å²) in [5, 5.41) is -0.160. The number of phosphoric acid groups is 1. The summed E-state index contributed by atoms with van der Waals surface area (Å²) in [6.45, 7) is 6.53. The van der Waals surface area contributed by atoms with Crippen molar-refractivity contribution in [3.05, 3.63) is 70.3 Å². The van der Waals surface area contributed by atoms with Gasteiger partial charge in [0.25, 0.3) is 5.91 Å². The van der Waals surface area contributed by atoms with E-state index in [-0.39, 0.29) is 17.2 Å². The smallest absolute Gasteiger partial charge is 0.474 e. The third kappa shape index (κ3) is 11.3. The second-order valence-corrected chi connectivity index (χ2v) is 11.7. The molecule has 2 aromatic rings. The first-order valence-electron chi connectivity index (χ1n) is 13.8. The molecule has 0 aliphatic rings. The molecule has 234 valence electrons. The number of hydrogen-bond acceptors (Lipinski definition) is 8. The van der Waals surface area contributed by atoms with E-state index in [1.807, 2.05) is 75.3 Å². The van der Waals surface area contributed by atoms with Crippen molar-refractivity contribution < 1.29 is 37.5 Å². The predicted octanol–water partition coefficient (Wildman–Crippen LogP) is 5.28. The van der Waals surface area contributed by atoms with Gasteiger partial charge < -0.3 is 28.9 Å². The van der Waals surface area contributed by atoms with Crippen molar-refractivity contribution in [3.8, 4) is 11.5 Å². The number of likely N-dealkylation sites (N-methyl/N-ethyl adjacent to an activating group) is 2. The van der Waals surface area contributed by atoms with Crippen LogP contribution in [0, 0.1) is 0 Å². The van der Waals surface area contributed by atoms with E-state index >= 15 is 0 Å². The van der Waals surface area contributed by atoms with Gasteiger partial charge in [-0.1, -0.05) is 41.9 Å². The molecule has 3 atom stereocenters. The quantitative estimate of drug-likeness (QED) is 0.134. The molecule has 0 aromatic heterocycles. The van der Waals surface area contributed by atoms with Gasteiger partial charge in [-0.2, -0.15) is 0 Å². The number of benzene rings is 2. The molecule has 0 saturated heterocycles. The van der Waals surface area contributed by atoms with Gasteiger partial charge >= 0.3 is 7.82 Å². The summed E-state index contributed by atoms with van der Waals surface area (Å²) in [5.41, 5.74) is 2.30. The number of amides is 1. The highest BCUT2D eigenvalue weighted by atomic mass is 35.5. The monoisotopic (exact) mass is 626 g/mol. The van der Waals surface area contributed by atoms with Crippen molar-refractivity contribution in [1.29, 1.82) is 0 Å². The maximum Gasteiger partial charge on any atom is 0.474 e. The minimum absolute atomic E-state index is 0.0891. The van der Waals surface area contributed by atoms with Crippen molar-refractivity contribution in [3.63, 3.8) is 0 Å². The van der Waals surface area contributed by atoms with Gasteiger partial charge in [0.05, 0.1) is 7.11 Å². The van der Waals surface area contributed by atoms with Crippen LogP contribution in [0.5, 0.6) is 11.5 Å². The Morgan fingerprint density at radius 3 is 2.36 bits per heavy atom. The van der Waals surface area contributed by atoms with Gasteiger partial charge in [0.2, 0.25) is 0 Å². The minimum Gasteiger partial charge on any atom is -0.497 e. The van der Waals surface area contributed by atoms with E-state index in [4.69, 9.17) is 30.3 Å². The summed E-state index contributed by atoms with van der Waals surface area (Å²) in [6, 6.07) is 15.7. The maximum atomic E-state index is 12.9. The van der Waals surface area contributed by atoms with Crippen LogP contribution in [0.4, 0.5) is 0 Å². The van der Waals surface area contributed by atoms with Crippen LogP contribution in [-0.2, 0) is 36.0 Å². The molecule has 0 aliphatic carbocycles. The lowest BCUT2D eigenvalue weighted by Crippen LogP contribution is -2.38. The highest BCUT2D eigenvalue weighted by Gasteiger charge is 2.32. The van der Waals surface area contributed by atoms with E-state index in [0.717, 1.165) is 36.8 Å². The van der Waals surface area contributed by atoms with Crippen LogP contribution in [-0.4, -0.2) is 87.6 Å². The molecule has 2 unspecified atom stereocenters. The van der Waals surface area contributed by atoms with Crippen molar-refractivity contribution in [2.24, 2.45) is 0 Å². The molecule has 0 saturated carbocycles. The average Bonchev–Trinajstić information content (AvgIpc) is 2.98. The molecule has 1 amide bonds. The predicted molar refractivity (Wildman–Crippen MR) is 164 cm³/mol. The van der Waals surface area contributed by atoms with Gasteiger partial charge in [-0.05, 0) is 77.0 Å². The van der Waals surface area contributed by atoms with Gasteiger partial charge in [-0.25, -0.2) is 4.57 Å². The Morgan fingerprint density at radius 1 is 1.05 bits per heavy atom. The number of hydrogen-bond donors (Lipinski definition) is 1. The number of methoxy groups -OCH3 is 1. The van der Waals surface area contributed by atoms with Crippen molar-refractivity contribution >= 4 is 25.3 Å². The van der Waals surface area contributed by atoms with Gasteiger partial charge in [-0.15, -0.1) is 0 Å². The minimum atomic E-state index is -4.52. The van der Waals surface area contributed by atoms with Crippen LogP contribution in [0.1, 0.15) is 31.9 Å². The van der Waals surface area contributed by atoms with Crippen LogP contribution in [0.15, 0.2) is 59.1 Å². The number of ether oxygens (including phenoxy) is 3. The number of para-hydroxylation sites is 1. The van der Waals surface area contributed by atoms with E-state index < -0.39 is 26.1 Å². The summed E-state index contributed by atoms with van der Waals surface area (Å²) in [6.07, 6.45) is -0.571. The number of aryl methyl sites for hydroxylation is 2. The zero-order valence-corrected chi connectivity index (χ0v) is 27.2. The molecule has 0 bridgehead atoms. The number of carbonyl (C=O) groups is 1. The highest BCUT2D eigenvalue weighted by Crippen LogP contribution is 2.45. The van der Waals surface area contributed by atoms with E-state index in [9.17, 15) is 14.3 Å². The Kier molecular flexibility index (Phi) is 15.0. The topological polar surface area (TPSA) is 107 Å². The van der Waals surface area contributed by atoms with Crippen molar-refractivity contribution in [2.45, 2.75) is 46.0 Å². The standard InChI is InChI=1S/C30H44ClN2O8P/c1-8-33(9-2)29(34)28(31)22(3)30(41-42(35,36)38-7)40-26(20-32(4)5)21-39-27-16-11-10-14-24(27)18-17-23-13-12-15-25(19-23)37-6/h10-16,19,26,30H,8-9,17-18,20-21H2,1-7H3,(H,35,36)/b28-22+/t26-,30?/m0/s1. The number of phosphoric ester groups is 1. The van der Waals surface area contributed by atoms with Crippen LogP contribution in [0.3, 0.4) is 0 Å². The number of nitrogens with zero attached hydrogens (tertiary/aromatic N) is 2. The SMILES string of the molecule is CCN(CC)C(=O)/C(Cl)=C(/C)C(O[C@H](COc1ccccc1CCc1cccc(OC)c1)CN(C)C)OP(=O)(O)OC. The van der Waals surface area contributed by atoms with E-state index in [0.29, 0.717) is 25.4 Å². The molecule has 0 heterocycles. The van der Waals surface area contributed by atoms with Crippen LogP contribution in [0.25, 0.3) is 0 Å². The molecule has 0 aliphatic heterocycles. The van der Waals surface area contributed by atoms with Crippen LogP contribution in [0.2, 0.25) is 0 Å². The summed E-state index contributed by atoms with van der Waals surface area (Å²) in [4.78, 5) is 26.4. The Bertz CT molecular complexity index is 1220. The number of carbonyl (C=O) groups excluding carboxylic acids is 1. The van der Waals surface area contributed by atoms with Crippen molar-refractivity contribution in [2.75, 3.05) is 54.6 Å². The van der Waals surface area contributed by atoms with E-state index in [1.54, 1.807) is 7.11 Å². The number of halogens is 1. The molecule has 10 nitrogen and oxygen atoms in total. The zero-order valence-electron chi connectivity index (χ0n) is 25.5. The first kappa shape index (κ1) is 35.8. The van der Waals surface area contributed by atoms with Crippen molar-refractivity contribution in [1.82, 2.24) is 9.80 Å². The molecule has 0 spiro atoms. The summed E-state index contributed by atoms with van der Waals surface area (Å²) < 4.78 is 40.1. The van der Waals surface area contributed by atoms with Gasteiger partial charge in [0, 0.05) is 32.3 Å². The first-order chi connectivity index (χ1) is 19.9. The highest BCUT2D eigenvalue weighted by molar-refractivity contribution is 7.47. The molecular weight excluding hydrogens is 583 g/mol. The summed E-state index contributed by atoms with van der Waals surface area (Å²) in [7, 11) is 1.90. The molecule has 2 aromatic carbocycles. The fraction of sp³-hybridized carbons (Fsp3) is 0.500. The molecule has 0 fully saturated rings. The van der Waals surface area contributed by atoms with Gasteiger partial charge in [-0.3, -0.25) is 13.8 Å². The fourth-order valence-electron chi connectivity index (χ4n) is 4.15. The molecule has 42 heavy (non-hydrogen) atoms. The second kappa shape index (κ2) is 17.6. The van der Waals surface area contributed by atoms with Gasteiger partial charge in [0.15, 0.2) is 6.29 Å².